The summed E-state index contributed by atoms with van der Waals surface area (Å²) in [6.07, 6.45) is -4.13. The highest BCUT2D eigenvalue weighted by molar-refractivity contribution is 5.90. The van der Waals surface area contributed by atoms with Crippen LogP contribution in [0.2, 0.25) is 0 Å². The average molecular weight is 332 g/mol. The molecule has 0 spiro atoms. The first-order chi connectivity index (χ1) is 10.7. The number of alkyl halides is 3. The lowest BCUT2D eigenvalue weighted by Gasteiger charge is -2.22. The van der Waals surface area contributed by atoms with E-state index in [1.807, 2.05) is 0 Å². The van der Waals surface area contributed by atoms with Gasteiger partial charge in [-0.1, -0.05) is 6.07 Å². The Labute approximate surface area is 130 Å². The van der Waals surface area contributed by atoms with Gasteiger partial charge in [0.05, 0.1) is 5.56 Å². The number of likely N-dealkylation sites (tertiary alicyclic amines) is 1. The fourth-order valence-electron chi connectivity index (χ4n) is 2.61. The van der Waals surface area contributed by atoms with E-state index in [1.165, 1.54) is 11.0 Å². The Bertz CT molecular complexity index is 616. The van der Waals surface area contributed by atoms with E-state index in [2.05, 4.69) is 5.32 Å². The van der Waals surface area contributed by atoms with E-state index < -0.39 is 29.5 Å². The van der Waals surface area contributed by atoms with Gasteiger partial charge in [0.15, 0.2) is 0 Å². The van der Waals surface area contributed by atoms with Gasteiger partial charge in [-0.3, -0.25) is 9.59 Å². The molecule has 8 heteroatoms. The lowest BCUT2D eigenvalue weighted by Crippen LogP contribution is -2.44. The average Bonchev–Trinajstić information content (AvgIpc) is 2.85. The molecule has 1 aliphatic rings. The van der Waals surface area contributed by atoms with Gasteiger partial charge in [0.25, 0.3) is 0 Å². The molecule has 4 nitrogen and oxygen atoms in total. The zero-order valence-corrected chi connectivity index (χ0v) is 12.4. The van der Waals surface area contributed by atoms with Crippen LogP contribution < -0.4 is 5.32 Å². The highest BCUT2D eigenvalue weighted by atomic mass is 19.4. The van der Waals surface area contributed by atoms with Crippen molar-refractivity contribution in [3.63, 3.8) is 0 Å². The van der Waals surface area contributed by atoms with Crippen LogP contribution in [0.4, 0.5) is 17.6 Å². The number of amides is 2. The van der Waals surface area contributed by atoms with Crippen molar-refractivity contribution in [3.05, 3.63) is 35.1 Å². The van der Waals surface area contributed by atoms with Crippen molar-refractivity contribution in [3.8, 4) is 0 Å². The molecule has 1 saturated heterocycles. The Morgan fingerprint density at radius 2 is 2.09 bits per heavy atom. The number of carbonyl (C=O) groups excluding carboxylic acids is 2. The number of hydrogen-bond acceptors (Lipinski definition) is 2. The highest BCUT2D eigenvalue weighted by Gasteiger charge is 2.35. The molecule has 1 aliphatic heterocycles. The van der Waals surface area contributed by atoms with Gasteiger partial charge in [-0.2, -0.15) is 13.2 Å². The fraction of sp³-hybridized carbons (Fsp3) is 0.467. The van der Waals surface area contributed by atoms with Crippen molar-refractivity contribution < 1.29 is 27.2 Å². The van der Waals surface area contributed by atoms with Crippen LogP contribution in [0.3, 0.4) is 0 Å². The number of rotatable bonds is 4. The molecule has 1 heterocycles. The summed E-state index contributed by atoms with van der Waals surface area (Å²) >= 11 is 0. The van der Waals surface area contributed by atoms with Gasteiger partial charge in [0, 0.05) is 19.5 Å². The maximum atomic E-state index is 13.2. The molecular weight excluding hydrogens is 316 g/mol. The number of carbonyl (C=O) groups is 2. The molecular formula is C15H16F4N2O2. The van der Waals surface area contributed by atoms with Crippen LogP contribution in [-0.4, -0.2) is 29.3 Å². The van der Waals surface area contributed by atoms with Crippen LogP contribution >= 0.6 is 0 Å². The van der Waals surface area contributed by atoms with Crippen molar-refractivity contribution in [2.24, 2.45) is 0 Å². The lowest BCUT2D eigenvalue weighted by atomic mass is 10.1. The molecule has 0 saturated carbocycles. The SMILES string of the molecule is CCN1C(=O)CCC1C(=O)NCc1ccc(F)c(C(F)(F)F)c1. The molecule has 2 rings (SSSR count). The summed E-state index contributed by atoms with van der Waals surface area (Å²) in [5.41, 5.74) is -1.23. The fourth-order valence-corrected chi connectivity index (χ4v) is 2.61. The minimum Gasteiger partial charge on any atom is -0.350 e. The summed E-state index contributed by atoms with van der Waals surface area (Å²) in [4.78, 5) is 25.1. The third-order valence-corrected chi connectivity index (χ3v) is 3.77. The molecule has 1 aromatic carbocycles. The summed E-state index contributed by atoms with van der Waals surface area (Å²) in [6, 6.07) is 1.98. The third kappa shape index (κ3) is 3.80. The van der Waals surface area contributed by atoms with Gasteiger partial charge in [-0.25, -0.2) is 4.39 Å². The van der Waals surface area contributed by atoms with E-state index in [0.29, 0.717) is 19.0 Å². The molecule has 2 amide bonds. The molecule has 1 N–H and O–H groups in total. The van der Waals surface area contributed by atoms with E-state index >= 15 is 0 Å². The lowest BCUT2D eigenvalue weighted by molar-refractivity contribution is -0.140. The zero-order valence-electron chi connectivity index (χ0n) is 12.4. The van der Waals surface area contributed by atoms with Gasteiger partial charge in [-0.05, 0) is 31.0 Å². The van der Waals surface area contributed by atoms with Crippen molar-refractivity contribution >= 4 is 11.8 Å². The molecule has 23 heavy (non-hydrogen) atoms. The summed E-state index contributed by atoms with van der Waals surface area (Å²) in [6.45, 7) is 1.98. The molecule has 1 fully saturated rings. The first-order valence-electron chi connectivity index (χ1n) is 7.16. The topological polar surface area (TPSA) is 49.4 Å². The van der Waals surface area contributed by atoms with Crippen molar-refractivity contribution in [2.75, 3.05) is 6.54 Å². The number of nitrogens with one attached hydrogen (secondary N) is 1. The van der Waals surface area contributed by atoms with Crippen molar-refractivity contribution in [1.82, 2.24) is 10.2 Å². The third-order valence-electron chi connectivity index (χ3n) is 3.77. The zero-order chi connectivity index (χ0) is 17.2. The number of nitrogens with zero attached hydrogens (tertiary/aromatic N) is 1. The van der Waals surface area contributed by atoms with Crippen LogP contribution in [0.1, 0.15) is 30.9 Å². The quantitative estimate of drug-likeness (QED) is 0.861. The van der Waals surface area contributed by atoms with E-state index in [-0.39, 0.29) is 24.4 Å². The second-order valence-corrected chi connectivity index (χ2v) is 5.26. The Balaban J connectivity index is 2.04. The van der Waals surface area contributed by atoms with Crippen LogP contribution in [0.25, 0.3) is 0 Å². The molecule has 0 radical (unpaired) electrons. The van der Waals surface area contributed by atoms with Crippen LogP contribution in [0.15, 0.2) is 18.2 Å². The molecule has 0 bridgehead atoms. The number of halogens is 4. The second kappa shape index (κ2) is 6.55. The Hall–Kier alpha value is -2.12. The van der Waals surface area contributed by atoms with E-state index in [9.17, 15) is 27.2 Å². The summed E-state index contributed by atoms with van der Waals surface area (Å²) in [5.74, 6) is -1.89. The monoisotopic (exact) mass is 332 g/mol. The first-order valence-corrected chi connectivity index (χ1v) is 7.16. The molecule has 126 valence electrons. The summed E-state index contributed by atoms with van der Waals surface area (Å²) in [7, 11) is 0. The first kappa shape index (κ1) is 17.2. The minimum absolute atomic E-state index is 0.117. The van der Waals surface area contributed by atoms with Crippen molar-refractivity contribution in [1.29, 1.82) is 0 Å². The summed E-state index contributed by atoms with van der Waals surface area (Å²) < 4.78 is 51.1. The van der Waals surface area contributed by atoms with Gasteiger partial charge < -0.3 is 10.2 Å². The van der Waals surface area contributed by atoms with Crippen molar-refractivity contribution in [2.45, 2.75) is 38.5 Å². The van der Waals surface area contributed by atoms with Crippen LogP contribution in [0, 0.1) is 5.82 Å². The van der Waals surface area contributed by atoms with Gasteiger partial charge in [0.1, 0.15) is 11.9 Å². The van der Waals surface area contributed by atoms with E-state index in [0.717, 1.165) is 6.07 Å². The Morgan fingerprint density at radius 3 is 2.70 bits per heavy atom. The molecule has 1 aromatic rings. The molecule has 1 unspecified atom stereocenters. The number of hydrogen-bond donors (Lipinski definition) is 1. The van der Waals surface area contributed by atoms with E-state index in [1.54, 1.807) is 6.92 Å². The van der Waals surface area contributed by atoms with Gasteiger partial charge in [0.2, 0.25) is 11.8 Å². The largest absolute Gasteiger partial charge is 0.419 e. The summed E-state index contributed by atoms with van der Waals surface area (Å²) in [5, 5.41) is 2.50. The smallest absolute Gasteiger partial charge is 0.350 e. The normalized spacial score (nSPS) is 18.4. The molecule has 0 aliphatic carbocycles. The van der Waals surface area contributed by atoms with Gasteiger partial charge in [-0.15, -0.1) is 0 Å². The highest BCUT2D eigenvalue weighted by Crippen LogP contribution is 2.31. The molecule has 1 atom stereocenters. The molecule has 0 aromatic heterocycles. The van der Waals surface area contributed by atoms with Crippen LogP contribution in [-0.2, 0) is 22.3 Å². The number of likely N-dealkylation sites (N-methyl/N-ethyl adjacent to an activating group) is 1. The second-order valence-electron chi connectivity index (χ2n) is 5.26. The number of benzene rings is 1. The predicted octanol–water partition coefficient (Wildman–Crippen LogP) is 2.47. The maximum absolute atomic E-state index is 13.2. The van der Waals surface area contributed by atoms with E-state index in [4.69, 9.17) is 0 Å². The predicted molar refractivity (Wildman–Crippen MR) is 73.7 cm³/mol. The maximum Gasteiger partial charge on any atom is 0.419 e. The van der Waals surface area contributed by atoms with Crippen LogP contribution in [0.5, 0.6) is 0 Å². The standard InChI is InChI=1S/C15H16F4N2O2/c1-2-21-12(5-6-13(21)22)14(23)20-8-9-3-4-11(16)10(7-9)15(17,18)19/h3-4,7,12H,2,5-6,8H2,1H3,(H,20,23). The minimum atomic E-state index is -4.79. The Morgan fingerprint density at radius 1 is 1.39 bits per heavy atom. The van der Waals surface area contributed by atoms with Gasteiger partial charge >= 0.3 is 6.18 Å². The Kier molecular flexibility index (Phi) is 4.91.